The normalized spacial score (nSPS) is 19.4. The molecule has 0 radical (unpaired) electrons. The number of nitrogens with zero attached hydrogens (tertiary/aromatic N) is 2. The zero-order chi connectivity index (χ0) is 22.5. The smallest absolute Gasteiger partial charge is 0.294 e. The molecule has 1 aromatic carbocycles. The summed E-state index contributed by atoms with van der Waals surface area (Å²) in [5.74, 6) is 1.40. The lowest BCUT2D eigenvalue weighted by atomic mass is 9.87. The Bertz CT molecular complexity index is 951. The summed E-state index contributed by atoms with van der Waals surface area (Å²) in [6, 6.07) is 6.83. The van der Waals surface area contributed by atoms with Crippen molar-refractivity contribution < 1.29 is 23.6 Å². The molecule has 1 N–H and O–H groups in total. The zero-order valence-corrected chi connectivity index (χ0v) is 18.8. The number of piperidine rings is 1. The van der Waals surface area contributed by atoms with Crippen molar-refractivity contribution in [1.82, 2.24) is 10.1 Å². The average Bonchev–Trinajstić information content (AvgIpc) is 3.35. The molecule has 1 saturated heterocycles. The fourth-order valence-corrected chi connectivity index (χ4v) is 4.72. The molecule has 1 aromatic heterocycles. The van der Waals surface area contributed by atoms with E-state index in [1.165, 1.54) is 6.42 Å². The van der Waals surface area contributed by atoms with E-state index in [9.17, 15) is 9.59 Å². The first-order chi connectivity index (χ1) is 15.6. The average molecular weight is 442 g/mol. The number of nitrogens with one attached hydrogen (secondary N) is 1. The van der Waals surface area contributed by atoms with E-state index in [0.717, 1.165) is 50.8 Å². The third-order valence-electron chi connectivity index (χ3n) is 6.50. The molecule has 0 bridgehead atoms. The second-order valence-corrected chi connectivity index (χ2v) is 8.60. The van der Waals surface area contributed by atoms with Crippen LogP contribution in [0.1, 0.15) is 67.1 Å². The molecule has 0 unspecified atom stereocenters. The molecule has 1 atom stereocenters. The molecule has 1 aliphatic heterocycles. The Balaban J connectivity index is 1.39. The summed E-state index contributed by atoms with van der Waals surface area (Å²) < 4.78 is 15.8. The van der Waals surface area contributed by atoms with Gasteiger partial charge in [-0.2, -0.15) is 0 Å². The van der Waals surface area contributed by atoms with Crippen molar-refractivity contribution in [2.45, 2.75) is 50.9 Å². The highest BCUT2D eigenvalue weighted by molar-refractivity contribution is 6.02. The van der Waals surface area contributed by atoms with Crippen molar-refractivity contribution in [3.8, 4) is 11.5 Å². The zero-order valence-electron chi connectivity index (χ0n) is 18.8. The van der Waals surface area contributed by atoms with Gasteiger partial charge in [0.1, 0.15) is 0 Å². The standard InChI is InChI=1S/C24H31N3O5/c1-30-20-11-10-18(13-21(20)31-2)25-23(28)22-14-19(26-32-22)17-9-6-12-27(15-17)24(29)16-7-4-3-5-8-16/h10-11,13-14,16-17H,3-9,12,15H2,1-2H3,(H,25,28)/t17-/m0/s1. The van der Waals surface area contributed by atoms with Gasteiger partial charge in [-0.3, -0.25) is 9.59 Å². The number of carbonyl (C=O) groups is 2. The van der Waals surface area contributed by atoms with Gasteiger partial charge < -0.3 is 24.2 Å². The number of aromatic nitrogens is 1. The van der Waals surface area contributed by atoms with E-state index in [1.807, 2.05) is 4.90 Å². The third kappa shape index (κ3) is 4.89. The molecule has 8 heteroatoms. The van der Waals surface area contributed by atoms with Crippen LogP contribution in [0.3, 0.4) is 0 Å². The topological polar surface area (TPSA) is 93.9 Å². The van der Waals surface area contributed by atoms with Crippen molar-refractivity contribution in [3.63, 3.8) is 0 Å². The van der Waals surface area contributed by atoms with Crippen LogP contribution in [0.25, 0.3) is 0 Å². The molecular formula is C24H31N3O5. The van der Waals surface area contributed by atoms with Gasteiger partial charge in [-0.25, -0.2) is 0 Å². The molecule has 0 spiro atoms. The monoisotopic (exact) mass is 441 g/mol. The van der Waals surface area contributed by atoms with Gasteiger partial charge in [0.25, 0.3) is 5.91 Å². The summed E-state index contributed by atoms with van der Waals surface area (Å²) in [6.07, 6.45) is 7.40. The van der Waals surface area contributed by atoms with E-state index in [-0.39, 0.29) is 29.4 Å². The van der Waals surface area contributed by atoms with Crippen molar-refractivity contribution in [3.05, 3.63) is 35.7 Å². The maximum Gasteiger partial charge on any atom is 0.294 e. The summed E-state index contributed by atoms with van der Waals surface area (Å²) in [4.78, 5) is 27.6. The van der Waals surface area contributed by atoms with E-state index in [4.69, 9.17) is 14.0 Å². The van der Waals surface area contributed by atoms with Gasteiger partial charge >= 0.3 is 0 Å². The molecule has 8 nitrogen and oxygen atoms in total. The van der Waals surface area contributed by atoms with E-state index >= 15 is 0 Å². The van der Waals surface area contributed by atoms with Crippen LogP contribution in [0.15, 0.2) is 28.8 Å². The minimum atomic E-state index is -0.387. The largest absolute Gasteiger partial charge is 0.493 e. The molecule has 2 amide bonds. The molecule has 1 aliphatic carbocycles. The number of rotatable bonds is 6. The maximum absolute atomic E-state index is 12.9. The summed E-state index contributed by atoms with van der Waals surface area (Å²) in [7, 11) is 3.10. The molecule has 32 heavy (non-hydrogen) atoms. The Hall–Kier alpha value is -3.03. The second-order valence-electron chi connectivity index (χ2n) is 8.60. The Kier molecular flexibility index (Phi) is 6.97. The van der Waals surface area contributed by atoms with Gasteiger partial charge in [0.05, 0.1) is 19.9 Å². The second kappa shape index (κ2) is 10.1. The Morgan fingerprint density at radius 1 is 1.03 bits per heavy atom. The van der Waals surface area contributed by atoms with E-state index in [1.54, 1.807) is 38.5 Å². The van der Waals surface area contributed by atoms with E-state index in [0.29, 0.717) is 23.7 Å². The van der Waals surface area contributed by atoms with Crippen LogP contribution in [0.5, 0.6) is 11.5 Å². The first kappa shape index (κ1) is 22.2. The molecule has 2 aromatic rings. The highest BCUT2D eigenvalue weighted by atomic mass is 16.5. The minimum absolute atomic E-state index is 0.0858. The van der Waals surface area contributed by atoms with Crippen LogP contribution in [0.2, 0.25) is 0 Å². The number of anilines is 1. The number of carbonyl (C=O) groups excluding carboxylic acids is 2. The molecular weight excluding hydrogens is 410 g/mol. The van der Waals surface area contributed by atoms with E-state index in [2.05, 4.69) is 10.5 Å². The van der Waals surface area contributed by atoms with Crippen molar-refractivity contribution in [2.24, 2.45) is 5.92 Å². The van der Waals surface area contributed by atoms with Crippen LogP contribution in [-0.4, -0.2) is 49.2 Å². The predicted molar refractivity (Wildman–Crippen MR) is 119 cm³/mol. The lowest BCUT2D eigenvalue weighted by Gasteiger charge is -2.35. The van der Waals surface area contributed by atoms with Gasteiger partial charge in [-0.05, 0) is 37.8 Å². The number of hydrogen-bond donors (Lipinski definition) is 1. The predicted octanol–water partition coefficient (Wildman–Crippen LogP) is 4.23. The number of hydrogen-bond acceptors (Lipinski definition) is 6. The summed E-state index contributed by atoms with van der Waals surface area (Å²) in [6.45, 7) is 1.44. The highest BCUT2D eigenvalue weighted by Gasteiger charge is 2.31. The minimum Gasteiger partial charge on any atom is -0.493 e. The van der Waals surface area contributed by atoms with E-state index < -0.39 is 0 Å². The first-order valence-electron chi connectivity index (χ1n) is 11.4. The lowest BCUT2D eigenvalue weighted by molar-refractivity contribution is -0.137. The number of methoxy groups -OCH3 is 2. The molecule has 172 valence electrons. The summed E-state index contributed by atoms with van der Waals surface area (Å²) in [5, 5.41) is 6.95. The van der Waals surface area contributed by atoms with Gasteiger partial charge in [-0.1, -0.05) is 24.4 Å². The Morgan fingerprint density at radius 3 is 2.56 bits per heavy atom. The van der Waals surface area contributed by atoms with Crippen molar-refractivity contribution in [1.29, 1.82) is 0 Å². The summed E-state index contributed by atoms with van der Waals surface area (Å²) >= 11 is 0. The number of ether oxygens (including phenoxy) is 2. The number of benzene rings is 1. The fraction of sp³-hybridized carbons (Fsp3) is 0.542. The number of likely N-dealkylation sites (tertiary alicyclic amines) is 1. The molecule has 2 fully saturated rings. The molecule has 2 aliphatic rings. The van der Waals surface area contributed by atoms with Crippen molar-refractivity contribution >= 4 is 17.5 Å². The Labute approximate surface area is 188 Å². The highest BCUT2D eigenvalue weighted by Crippen LogP contribution is 2.32. The summed E-state index contributed by atoms with van der Waals surface area (Å²) in [5.41, 5.74) is 1.29. The van der Waals surface area contributed by atoms with Crippen LogP contribution in [-0.2, 0) is 4.79 Å². The van der Waals surface area contributed by atoms with Gasteiger partial charge in [0.15, 0.2) is 11.5 Å². The SMILES string of the molecule is COc1ccc(NC(=O)c2cc([C@H]3CCCN(C(=O)C4CCCCC4)C3)no2)cc1OC. The van der Waals surface area contributed by atoms with Crippen LogP contribution in [0, 0.1) is 5.92 Å². The quantitative estimate of drug-likeness (QED) is 0.721. The number of amides is 2. The van der Waals surface area contributed by atoms with Crippen LogP contribution < -0.4 is 14.8 Å². The van der Waals surface area contributed by atoms with Crippen molar-refractivity contribution in [2.75, 3.05) is 32.6 Å². The maximum atomic E-state index is 12.9. The Morgan fingerprint density at radius 2 is 1.81 bits per heavy atom. The van der Waals surface area contributed by atoms with Gasteiger partial charge in [0.2, 0.25) is 11.7 Å². The fourth-order valence-electron chi connectivity index (χ4n) is 4.72. The third-order valence-corrected chi connectivity index (χ3v) is 6.50. The molecule has 1 saturated carbocycles. The molecule has 2 heterocycles. The van der Waals surface area contributed by atoms with Crippen LogP contribution >= 0.6 is 0 Å². The molecule has 4 rings (SSSR count). The lowest BCUT2D eigenvalue weighted by Crippen LogP contribution is -2.42. The van der Waals surface area contributed by atoms with Gasteiger partial charge in [-0.15, -0.1) is 0 Å². The van der Waals surface area contributed by atoms with Crippen LogP contribution in [0.4, 0.5) is 5.69 Å². The first-order valence-corrected chi connectivity index (χ1v) is 11.4. The van der Waals surface area contributed by atoms with Gasteiger partial charge in [0, 0.05) is 42.7 Å².